The number of hydrogen-bond acceptors (Lipinski definition) is 3. The van der Waals surface area contributed by atoms with E-state index in [0.717, 1.165) is 57.2 Å². The summed E-state index contributed by atoms with van der Waals surface area (Å²) >= 11 is 0. The number of rotatable bonds is 6. The van der Waals surface area contributed by atoms with E-state index in [9.17, 15) is 4.79 Å². The predicted octanol–water partition coefficient (Wildman–Crippen LogP) is 4.47. The van der Waals surface area contributed by atoms with Crippen molar-refractivity contribution >= 4 is 6.03 Å². The first-order valence-electron chi connectivity index (χ1n) is 11.3. The van der Waals surface area contributed by atoms with Gasteiger partial charge in [0.15, 0.2) is 0 Å². The topological polar surface area (TPSA) is 48.5 Å². The van der Waals surface area contributed by atoms with Gasteiger partial charge in [0.05, 0.1) is 6.04 Å². The number of aromatic nitrogens is 1. The molecular weight excluding hydrogens is 348 g/mol. The fourth-order valence-electron chi connectivity index (χ4n) is 5.02. The third kappa shape index (κ3) is 6.20. The third-order valence-corrected chi connectivity index (χ3v) is 6.23. The molecule has 2 saturated heterocycles. The molecule has 0 spiro atoms. The van der Waals surface area contributed by atoms with Crippen LogP contribution in [0.3, 0.4) is 0 Å². The maximum atomic E-state index is 12.9. The molecule has 3 heterocycles. The molecule has 0 radical (unpaired) electrons. The normalized spacial score (nSPS) is 26.6. The molecule has 0 saturated carbocycles. The lowest BCUT2D eigenvalue weighted by Crippen LogP contribution is -2.43. The number of pyridine rings is 1. The molecule has 3 rings (SSSR count). The lowest BCUT2D eigenvalue weighted by atomic mass is 9.92. The van der Waals surface area contributed by atoms with Gasteiger partial charge in [0.2, 0.25) is 0 Å². The summed E-state index contributed by atoms with van der Waals surface area (Å²) in [4.78, 5) is 21.7. The average molecular weight is 387 g/mol. The van der Waals surface area contributed by atoms with Crippen molar-refractivity contribution in [3.05, 3.63) is 30.1 Å². The fourth-order valence-corrected chi connectivity index (χ4v) is 5.02. The molecule has 1 aromatic rings. The van der Waals surface area contributed by atoms with Gasteiger partial charge in [-0.25, -0.2) is 4.79 Å². The van der Waals surface area contributed by atoms with Gasteiger partial charge in [0.1, 0.15) is 0 Å². The molecule has 28 heavy (non-hydrogen) atoms. The number of unbranched alkanes of at least 4 members (excludes halogenated alkanes) is 1. The molecule has 5 nitrogen and oxygen atoms in total. The first kappa shape index (κ1) is 21.1. The molecule has 2 amide bonds. The Bertz CT molecular complexity index is 584. The van der Waals surface area contributed by atoms with Crippen molar-refractivity contribution in [1.29, 1.82) is 0 Å². The lowest BCUT2D eigenvalue weighted by Gasteiger charge is -2.35. The molecule has 156 valence electrons. The van der Waals surface area contributed by atoms with Gasteiger partial charge in [-0.1, -0.05) is 26.7 Å². The van der Waals surface area contributed by atoms with Crippen molar-refractivity contribution < 1.29 is 4.79 Å². The Morgan fingerprint density at radius 3 is 2.61 bits per heavy atom. The van der Waals surface area contributed by atoms with E-state index >= 15 is 0 Å². The van der Waals surface area contributed by atoms with Crippen molar-refractivity contribution in [1.82, 2.24) is 20.1 Å². The van der Waals surface area contributed by atoms with Crippen LogP contribution in [0.5, 0.6) is 0 Å². The first-order valence-corrected chi connectivity index (χ1v) is 11.3. The highest BCUT2D eigenvalue weighted by Gasteiger charge is 2.26. The van der Waals surface area contributed by atoms with E-state index in [0.29, 0.717) is 0 Å². The number of piperidine rings is 1. The maximum absolute atomic E-state index is 12.9. The van der Waals surface area contributed by atoms with Crippen LogP contribution in [0.2, 0.25) is 0 Å². The van der Waals surface area contributed by atoms with Crippen molar-refractivity contribution in [3.63, 3.8) is 0 Å². The number of urea groups is 1. The number of carbonyl (C=O) groups is 1. The van der Waals surface area contributed by atoms with Gasteiger partial charge in [-0.3, -0.25) is 4.98 Å². The number of likely N-dealkylation sites (tertiary alicyclic amines) is 2. The van der Waals surface area contributed by atoms with Crippen molar-refractivity contribution in [3.8, 4) is 0 Å². The van der Waals surface area contributed by atoms with E-state index in [4.69, 9.17) is 0 Å². The van der Waals surface area contributed by atoms with Crippen LogP contribution in [-0.2, 0) is 0 Å². The molecular formula is C23H38N4O. The highest BCUT2D eigenvalue weighted by atomic mass is 16.2. The average Bonchev–Trinajstić information content (AvgIpc) is 2.93. The maximum Gasteiger partial charge on any atom is 0.317 e. The summed E-state index contributed by atoms with van der Waals surface area (Å²) in [5, 5.41) is 3.19. The van der Waals surface area contributed by atoms with E-state index in [1.165, 1.54) is 37.9 Å². The SMILES string of the molecule is CC1CC(C)CN(CCCCNC(=O)N2CCCCCC2c2ccncc2)C1. The van der Waals surface area contributed by atoms with Crippen molar-refractivity contribution in [2.24, 2.45) is 11.8 Å². The van der Waals surface area contributed by atoms with Gasteiger partial charge in [-0.05, 0) is 68.2 Å². The van der Waals surface area contributed by atoms with Gasteiger partial charge in [-0.15, -0.1) is 0 Å². The molecule has 2 aliphatic rings. The van der Waals surface area contributed by atoms with E-state index in [1.807, 2.05) is 12.4 Å². The highest BCUT2D eigenvalue weighted by molar-refractivity contribution is 5.74. The second-order valence-electron chi connectivity index (χ2n) is 8.98. The summed E-state index contributed by atoms with van der Waals surface area (Å²) < 4.78 is 0. The van der Waals surface area contributed by atoms with E-state index in [-0.39, 0.29) is 12.1 Å². The smallest absolute Gasteiger partial charge is 0.317 e. The summed E-state index contributed by atoms with van der Waals surface area (Å²) in [5.41, 5.74) is 1.21. The summed E-state index contributed by atoms with van der Waals surface area (Å²) in [5.74, 6) is 1.63. The van der Waals surface area contributed by atoms with Crippen LogP contribution in [0.25, 0.3) is 0 Å². The zero-order valence-electron chi connectivity index (χ0n) is 17.8. The number of nitrogens with one attached hydrogen (secondary N) is 1. The van der Waals surface area contributed by atoms with Gasteiger partial charge < -0.3 is 15.1 Å². The number of hydrogen-bond donors (Lipinski definition) is 1. The Hall–Kier alpha value is -1.62. The van der Waals surface area contributed by atoms with Crippen LogP contribution in [0, 0.1) is 11.8 Å². The molecule has 1 aromatic heterocycles. The van der Waals surface area contributed by atoms with Crippen LogP contribution in [0.15, 0.2) is 24.5 Å². The molecule has 0 aliphatic carbocycles. The molecule has 3 atom stereocenters. The van der Waals surface area contributed by atoms with E-state index in [2.05, 4.69) is 46.1 Å². The standard InChI is InChI=1S/C23H38N4O/c1-19-16-20(2)18-26(17-19)14-7-5-11-25-23(28)27-15-6-3-4-8-22(27)21-9-12-24-13-10-21/h9-10,12-13,19-20,22H,3-8,11,14-18H2,1-2H3,(H,25,28). The van der Waals surface area contributed by atoms with Crippen molar-refractivity contribution in [2.75, 3.05) is 32.7 Å². The Kier molecular flexibility index (Phi) is 8.13. The Balaban J connectivity index is 1.42. The zero-order valence-corrected chi connectivity index (χ0v) is 17.8. The number of carbonyl (C=O) groups excluding carboxylic acids is 1. The monoisotopic (exact) mass is 386 g/mol. The van der Waals surface area contributed by atoms with E-state index in [1.54, 1.807) is 0 Å². The van der Waals surface area contributed by atoms with Crippen LogP contribution in [-0.4, -0.2) is 53.5 Å². The molecule has 2 aliphatic heterocycles. The van der Waals surface area contributed by atoms with Gasteiger partial charge in [0.25, 0.3) is 0 Å². The number of nitrogens with zero attached hydrogens (tertiary/aromatic N) is 3. The summed E-state index contributed by atoms with van der Waals surface area (Å²) in [6.45, 7) is 9.98. The third-order valence-electron chi connectivity index (χ3n) is 6.23. The minimum absolute atomic E-state index is 0.101. The highest BCUT2D eigenvalue weighted by Crippen LogP contribution is 2.29. The van der Waals surface area contributed by atoms with Gasteiger partial charge in [-0.2, -0.15) is 0 Å². The van der Waals surface area contributed by atoms with Crippen LogP contribution >= 0.6 is 0 Å². The zero-order chi connectivity index (χ0) is 19.8. The minimum Gasteiger partial charge on any atom is -0.338 e. The minimum atomic E-state index is 0.101. The Labute approximate surface area is 170 Å². The lowest BCUT2D eigenvalue weighted by molar-refractivity contribution is 0.138. The molecule has 1 N–H and O–H groups in total. The second-order valence-corrected chi connectivity index (χ2v) is 8.98. The van der Waals surface area contributed by atoms with Gasteiger partial charge in [0, 0.05) is 38.6 Å². The molecule has 0 bridgehead atoms. The van der Waals surface area contributed by atoms with E-state index < -0.39 is 0 Å². The first-order chi connectivity index (χ1) is 13.6. The molecule has 2 fully saturated rings. The van der Waals surface area contributed by atoms with Crippen LogP contribution in [0.4, 0.5) is 4.79 Å². The molecule has 3 unspecified atom stereocenters. The van der Waals surface area contributed by atoms with Crippen molar-refractivity contribution in [2.45, 2.75) is 64.8 Å². The van der Waals surface area contributed by atoms with Crippen LogP contribution < -0.4 is 5.32 Å². The largest absolute Gasteiger partial charge is 0.338 e. The molecule has 5 heteroatoms. The summed E-state index contributed by atoms with van der Waals surface area (Å²) in [7, 11) is 0. The fraction of sp³-hybridized carbons (Fsp3) is 0.739. The summed E-state index contributed by atoms with van der Waals surface area (Å²) in [6, 6.07) is 4.39. The van der Waals surface area contributed by atoms with Crippen LogP contribution in [0.1, 0.15) is 70.4 Å². The Morgan fingerprint density at radius 1 is 1.11 bits per heavy atom. The van der Waals surface area contributed by atoms with Gasteiger partial charge >= 0.3 is 6.03 Å². The second kappa shape index (κ2) is 10.8. The predicted molar refractivity (Wildman–Crippen MR) is 114 cm³/mol. The molecule has 0 aromatic carbocycles. The quantitative estimate of drug-likeness (QED) is 0.734. The summed E-state index contributed by atoms with van der Waals surface area (Å²) in [6.07, 6.45) is 11.8. The number of amides is 2. The Morgan fingerprint density at radius 2 is 1.86 bits per heavy atom.